The molecule has 0 bridgehead atoms. The zero-order valence-electron chi connectivity index (χ0n) is 15.8. The van der Waals surface area contributed by atoms with Crippen molar-refractivity contribution in [3.63, 3.8) is 0 Å². The lowest BCUT2D eigenvalue weighted by molar-refractivity contribution is 0.0734. The van der Waals surface area contributed by atoms with E-state index in [1.54, 1.807) is 23.1 Å². The first kappa shape index (κ1) is 18.8. The summed E-state index contributed by atoms with van der Waals surface area (Å²) in [4.78, 5) is 31.2. The Balaban J connectivity index is 1.43. The molecule has 0 unspecified atom stereocenters. The van der Waals surface area contributed by atoms with Crippen LogP contribution in [0.4, 0.5) is 4.39 Å². The molecule has 2 amide bonds. The summed E-state index contributed by atoms with van der Waals surface area (Å²) in [7, 11) is 0. The molecule has 0 saturated carbocycles. The van der Waals surface area contributed by atoms with Gasteiger partial charge in [-0.05, 0) is 41.3 Å². The molecule has 0 fully saturated rings. The van der Waals surface area contributed by atoms with Gasteiger partial charge in [0.05, 0.1) is 11.1 Å². The van der Waals surface area contributed by atoms with Crippen molar-refractivity contribution in [2.45, 2.75) is 19.5 Å². The lowest BCUT2D eigenvalue weighted by Gasteiger charge is -2.28. The van der Waals surface area contributed by atoms with Gasteiger partial charge < -0.3 is 10.2 Å². The Morgan fingerprint density at radius 1 is 1.00 bits per heavy atom. The van der Waals surface area contributed by atoms with E-state index >= 15 is 0 Å². The quantitative estimate of drug-likeness (QED) is 0.744. The molecule has 3 aromatic rings. The Bertz CT molecular complexity index is 1050. The van der Waals surface area contributed by atoms with E-state index in [1.165, 1.54) is 30.1 Å². The average Bonchev–Trinajstić information content (AvgIpc) is 2.77. The van der Waals surface area contributed by atoms with Gasteiger partial charge in [-0.2, -0.15) is 0 Å². The van der Waals surface area contributed by atoms with Crippen molar-refractivity contribution in [3.8, 4) is 0 Å². The molecule has 29 heavy (non-hydrogen) atoms. The van der Waals surface area contributed by atoms with E-state index in [9.17, 15) is 14.0 Å². The van der Waals surface area contributed by atoms with Crippen molar-refractivity contribution in [2.75, 3.05) is 6.54 Å². The molecular weight excluding hydrogens is 369 g/mol. The van der Waals surface area contributed by atoms with Crippen molar-refractivity contribution in [1.29, 1.82) is 0 Å². The summed E-state index contributed by atoms with van der Waals surface area (Å²) in [6.45, 7) is 1.45. The molecule has 2 heterocycles. The number of benzene rings is 2. The van der Waals surface area contributed by atoms with Gasteiger partial charge in [0, 0.05) is 32.0 Å². The van der Waals surface area contributed by atoms with Gasteiger partial charge >= 0.3 is 0 Å². The predicted octanol–water partition coefficient (Wildman–Crippen LogP) is 3.35. The number of rotatable bonds is 4. The fraction of sp³-hybridized carbons (Fsp3) is 0.174. The predicted molar refractivity (Wildman–Crippen MR) is 107 cm³/mol. The summed E-state index contributed by atoms with van der Waals surface area (Å²) in [6, 6.07) is 15.6. The molecule has 0 atom stereocenters. The molecule has 0 radical (unpaired) electrons. The summed E-state index contributed by atoms with van der Waals surface area (Å²) in [5, 5.41) is 2.77. The third-order valence-electron chi connectivity index (χ3n) is 5.03. The summed E-state index contributed by atoms with van der Waals surface area (Å²) >= 11 is 0. The minimum Gasteiger partial charge on any atom is -0.348 e. The average molecular weight is 389 g/mol. The maximum absolute atomic E-state index is 13.0. The van der Waals surface area contributed by atoms with Gasteiger partial charge in [-0.3, -0.25) is 14.6 Å². The molecule has 1 aliphatic rings. The summed E-state index contributed by atoms with van der Waals surface area (Å²) in [6.07, 6.45) is 3.73. The van der Waals surface area contributed by atoms with Gasteiger partial charge in [-0.15, -0.1) is 0 Å². The molecule has 146 valence electrons. The second-order valence-corrected chi connectivity index (χ2v) is 7.02. The van der Waals surface area contributed by atoms with E-state index in [4.69, 9.17) is 0 Å². The zero-order valence-corrected chi connectivity index (χ0v) is 15.8. The van der Waals surface area contributed by atoms with E-state index in [0.29, 0.717) is 24.2 Å². The maximum Gasteiger partial charge on any atom is 0.255 e. The minimum atomic E-state index is -0.333. The minimum absolute atomic E-state index is 0.139. The van der Waals surface area contributed by atoms with Crippen LogP contribution in [0, 0.1) is 5.82 Å². The van der Waals surface area contributed by atoms with Crippen LogP contribution in [0.15, 0.2) is 67.0 Å². The molecular formula is C23H20FN3O2. The van der Waals surface area contributed by atoms with E-state index in [0.717, 1.165) is 17.5 Å². The molecule has 4 rings (SSSR count). The van der Waals surface area contributed by atoms with Crippen LogP contribution in [-0.4, -0.2) is 28.2 Å². The lowest BCUT2D eigenvalue weighted by Crippen LogP contribution is -2.36. The van der Waals surface area contributed by atoms with Gasteiger partial charge in [0.25, 0.3) is 11.8 Å². The second-order valence-electron chi connectivity index (χ2n) is 7.02. The highest BCUT2D eigenvalue weighted by atomic mass is 19.1. The topological polar surface area (TPSA) is 62.3 Å². The number of nitrogens with one attached hydrogen (secondary N) is 1. The number of halogens is 1. The molecule has 0 saturated heterocycles. The van der Waals surface area contributed by atoms with Gasteiger partial charge in [0.15, 0.2) is 0 Å². The third-order valence-corrected chi connectivity index (χ3v) is 5.03. The van der Waals surface area contributed by atoms with E-state index in [1.807, 2.05) is 18.2 Å². The molecule has 0 spiro atoms. The first-order valence-corrected chi connectivity index (χ1v) is 9.44. The van der Waals surface area contributed by atoms with Crippen LogP contribution in [0.2, 0.25) is 0 Å². The van der Waals surface area contributed by atoms with Crippen molar-refractivity contribution >= 4 is 11.8 Å². The Morgan fingerprint density at radius 2 is 1.72 bits per heavy atom. The van der Waals surface area contributed by atoms with Gasteiger partial charge in [-0.25, -0.2) is 4.39 Å². The highest BCUT2D eigenvalue weighted by molar-refractivity contribution is 5.99. The monoisotopic (exact) mass is 389 g/mol. The summed E-state index contributed by atoms with van der Waals surface area (Å²) in [5.41, 5.74) is 3.90. The van der Waals surface area contributed by atoms with E-state index < -0.39 is 0 Å². The zero-order chi connectivity index (χ0) is 20.2. The van der Waals surface area contributed by atoms with Crippen molar-refractivity contribution in [1.82, 2.24) is 15.2 Å². The Kier molecular flexibility index (Phi) is 5.33. The number of nitrogens with zero attached hydrogens (tertiary/aromatic N) is 2. The van der Waals surface area contributed by atoms with E-state index in [-0.39, 0.29) is 24.2 Å². The second kappa shape index (κ2) is 8.22. The van der Waals surface area contributed by atoms with Crippen LogP contribution < -0.4 is 5.32 Å². The van der Waals surface area contributed by atoms with Crippen LogP contribution in [0.3, 0.4) is 0 Å². The van der Waals surface area contributed by atoms with Crippen LogP contribution >= 0.6 is 0 Å². The molecule has 1 aromatic heterocycles. The summed E-state index contributed by atoms with van der Waals surface area (Å²) in [5.74, 6) is -0.795. The number of amides is 2. The Hall–Kier alpha value is -3.54. The number of hydrogen-bond acceptors (Lipinski definition) is 3. The molecule has 5 nitrogen and oxygen atoms in total. The van der Waals surface area contributed by atoms with Crippen LogP contribution in [0.25, 0.3) is 0 Å². The molecule has 1 N–H and O–H groups in total. The van der Waals surface area contributed by atoms with Crippen LogP contribution in [0.5, 0.6) is 0 Å². The van der Waals surface area contributed by atoms with Crippen LogP contribution in [-0.2, 0) is 19.5 Å². The number of hydrogen-bond donors (Lipinski definition) is 1. The van der Waals surface area contributed by atoms with Crippen LogP contribution in [0.1, 0.15) is 37.4 Å². The van der Waals surface area contributed by atoms with Gasteiger partial charge in [0.2, 0.25) is 0 Å². The number of carbonyl (C=O) groups is 2. The SMILES string of the molecule is O=C(NCc1ccc(F)cc1)c1cncc(C(=O)N2CCc3ccccc3C2)c1. The molecule has 2 aromatic carbocycles. The fourth-order valence-electron chi connectivity index (χ4n) is 3.42. The number of carbonyl (C=O) groups excluding carboxylic acids is 2. The first-order valence-electron chi connectivity index (χ1n) is 9.44. The standard InChI is InChI=1S/C23H20FN3O2/c24-21-7-5-16(6-8-21)12-26-22(28)19-11-20(14-25-13-19)23(29)27-10-9-17-3-1-2-4-18(17)15-27/h1-8,11,13-14H,9-10,12,15H2,(H,26,28). The molecule has 0 aliphatic carbocycles. The Labute approximate surface area is 168 Å². The third kappa shape index (κ3) is 4.32. The first-order chi connectivity index (χ1) is 14.1. The van der Waals surface area contributed by atoms with Crippen molar-refractivity contribution in [2.24, 2.45) is 0 Å². The van der Waals surface area contributed by atoms with Gasteiger partial charge in [0.1, 0.15) is 5.82 Å². The molecule has 1 aliphatic heterocycles. The largest absolute Gasteiger partial charge is 0.348 e. The van der Waals surface area contributed by atoms with E-state index in [2.05, 4.69) is 16.4 Å². The van der Waals surface area contributed by atoms with Crippen molar-refractivity contribution in [3.05, 3.63) is 101 Å². The lowest BCUT2D eigenvalue weighted by atomic mass is 9.99. The smallest absolute Gasteiger partial charge is 0.255 e. The fourth-order valence-corrected chi connectivity index (χ4v) is 3.42. The maximum atomic E-state index is 13.0. The normalized spacial score (nSPS) is 12.9. The molecule has 6 heteroatoms. The van der Waals surface area contributed by atoms with Gasteiger partial charge in [-0.1, -0.05) is 36.4 Å². The summed E-state index contributed by atoms with van der Waals surface area (Å²) < 4.78 is 13.0. The highest BCUT2D eigenvalue weighted by Gasteiger charge is 2.22. The van der Waals surface area contributed by atoms with Crippen molar-refractivity contribution < 1.29 is 14.0 Å². The Morgan fingerprint density at radius 3 is 2.52 bits per heavy atom. The number of aromatic nitrogens is 1. The number of fused-ring (bicyclic) bond motifs is 1. The number of pyridine rings is 1. The highest BCUT2D eigenvalue weighted by Crippen LogP contribution is 2.20.